The monoisotopic (exact) mass is 294 g/mol. The van der Waals surface area contributed by atoms with Crippen molar-refractivity contribution in [3.05, 3.63) is 65.5 Å². The number of rotatable bonds is 4. The maximum atomic E-state index is 13.8. The van der Waals surface area contributed by atoms with Crippen LogP contribution < -0.4 is 5.73 Å². The van der Waals surface area contributed by atoms with Crippen molar-refractivity contribution >= 4 is 9.84 Å². The zero-order valence-corrected chi connectivity index (χ0v) is 12.0. The quantitative estimate of drug-likeness (QED) is 0.936. The molecule has 0 radical (unpaired) electrons. The van der Waals surface area contributed by atoms with Crippen molar-refractivity contribution in [3.63, 3.8) is 0 Å². The Morgan fingerprint density at radius 2 is 1.70 bits per heavy atom. The molecule has 0 saturated carbocycles. The smallest absolute Gasteiger partial charge is 0.191 e. The number of aryl methyl sites for hydroxylation is 1. The Bertz CT molecular complexity index is 696. The summed E-state index contributed by atoms with van der Waals surface area (Å²) in [6, 6.07) is 12.5. The molecule has 0 aliphatic rings. The summed E-state index contributed by atoms with van der Waals surface area (Å²) >= 11 is 0. The van der Waals surface area contributed by atoms with Gasteiger partial charge in [-0.1, -0.05) is 35.9 Å². The van der Waals surface area contributed by atoms with E-state index in [2.05, 4.69) is 5.73 Å². The number of benzene rings is 2. The molecular formula is C15H17FNO2S+. The van der Waals surface area contributed by atoms with E-state index in [1.807, 2.05) is 6.92 Å². The average Bonchev–Trinajstić information content (AvgIpc) is 2.42. The first-order valence-electron chi connectivity index (χ1n) is 6.31. The van der Waals surface area contributed by atoms with Crippen LogP contribution in [0.5, 0.6) is 0 Å². The number of sulfone groups is 1. The van der Waals surface area contributed by atoms with E-state index in [1.54, 1.807) is 30.3 Å². The summed E-state index contributed by atoms with van der Waals surface area (Å²) in [5, 5.41) is -0.966. The van der Waals surface area contributed by atoms with Crippen LogP contribution in [0.25, 0.3) is 0 Å². The maximum absolute atomic E-state index is 13.8. The maximum Gasteiger partial charge on any atom is 0.191 e. The van der Waals surface area contributed by atoms with Gasteiger partial charge >= 0.3 is 0 Å². The average molecular weight is 294 g/mol. The summed E-state index contributed by atoms with van der Waals surface area (Å²) < 4.78 is 39.1. The molecule has 1 atom stereocenters. The normalized spacial score (nSPS) is 13.2. The van der Waals surface area contributed by atoms with Crippen LogP contribution >= 0.6 is 0 Å². The summed E-state index contributed by atoms with van der Waals surface area (Å²) in [5.74, 6) is -0.517. The van der Waals surface area contributed by atoms with Crippen LogP contribution in [-0.2, 0) is 9.84 Å². The fraction of sp³-hybridized carbons (Fsp3) is 0.200. The lowest BCUT2D eigenvalue weighted by Gasteiger charge is -2.15. The van der Waals surface area contributed by atoms with Crippen molar-refractivity contribution in [3.8, 4) is 0 Å². The molecule has 2 aromatic carbocycles. The van der Waals surface area contributed by atoms with Crippen LogP contribution in [0.1, 0.15) is 16.4 Å². The predicted molar refractivity (Wildman–Crippen MR) is 75.3 cm³/mol. The van der Waals surface area contributed by atoms with Crippen LogP contribution in [0.4, 0.5) is 4.39 Å². The van der Waals surface area contributed by atoms with E-state index in [0.29, 0.717) is 0 Å². The molecule has 0 bridgehead atoms. The zero-order valence-electron chi connectivity index (χ0n) is 11.2. The van der Waals surface area contributed by atoms with Gasteiger partial charge in [0.15, 0.2) is 9.84 Å². The van der Waals surface area contributed by atoms with Crippen LogP contribution in [0.15, 0.2) is 53.4 Å². The molecule has 3 N–H and O–H groups in total. The van der Waals surface area contributed by atoms with Crippen LogP contribution in [0, 0.1) is 12.7 Å². The van der Waals surface area contributed by atoms with Crippen molar-refractivity contribution in [1.82, 2.24) is 0 Å². The summed E-state index contributed by atoms with van der Waals surface area (Å²) in [5.41, 5.74) is 4.81. The molecule has 0 heterocycles. The highest BCUT2D eigenvalue weighted by Crippen LogP contribution is 2.29. The second-order valence-electron chi connectivity index (χ2n) is 4.66. The molecular weight excluding hydrogens is 277 g/mol. The molecule has 0 saturated heterocycles. The lowest BCUT2D eigenvalue weighted by molar-refractivity contribution is -0.367. The summed E-state index contributed by atoms with van der Waals surface area (Å²) in [7, 11) is -3.65. The van der Waals surface area contributed by atoms with Crippen molar-refractivity contribution in [2.24, 2.45) is 0 Å². The number of halogens is 1. The van der Waals surface area contributed by atoms with Crippen LogP contribution in [0.2, 0.25) is 0 Å². The van der Waals surface area contributed by atoms with Gasteiger partial charge < -0.3 is 5.73 Å². The molecule has 5 heteroatoms. The Kier molecular flexibility index (Phi) is 4.20. The van der Waals surface area contributed by atoms with Gasteiger partial charge in [0.1, 0.15) is 11.1 Å². The van der Waals surface area contributed by atoms with Crippen LogP contribution in [0.3, 0.4) is 0 Å². The molecule has 0 fully saturated rings. The van der Waals surface area contributed by atoms with Gasteiger partial charge in [-0.2, -0.15) is 0 Å². The van der Waals surface area contributed by atoms with E-state index >= 15 is 0 Å². The van der Waals surface area contributed by atoms with Gasteiger partial charge in [0, 0.05) is 5.56 Å². The minimum Gasteiger partial charge on any atom is -0.356 e. The first-order chi connectivity index (χ1) is 9.46. The highest BCUT2D eigenvalue weighted by atomic mass is 32.2. The number of quaternary nitrogens is 1. The van der Waals surface area contributed by atoms with Gasteiger partial charge in [0.05, 0.1) is 11.4 Å². The molecule has 0 aliphatic heterocycles. The van der Waals surface area contributed by atoms with Gasteiger partial charge in [-0.3, -0.25) is 0 Å². The van der Waals surface area contributed by atoms with Gasteiger partial charge in [-0.05, 0) is 25.1 Å². The van der Waals surface area contributed by atoms with E-state index in [4.69, 9.17) is 0 Å². The Labute approximate surface area is 118 Å². The fourth-order valence-corrected chi connectivity index (χ4v) is 3.79. The fourth-order valence-electron chi connectivity index (χ4n) is 2.11. The van der Waals surface area contributed by atoms with Crippen LogP contribution in [-0.4, -0.2) is 15.0 Å². The van der Waals surface area contributed by atoms with Crippen molar-refractivity contribution in [2.75, 3.05) is 6.54 Å². The molecule has 20 heavy (non-hydrogen) atoms. The lowest BCUT2D eigenvalue weighted by Crippen LogP contribution is -2.54. The van der Waals surface area contributed by atoms with Crippen molar-refractivity contribution < 1.29 is 18.5 Å². The molecule has 0 aromatic heterocycles. The van der Waals surface area contributed by atoms with Gasteiger partial charge in [0.2, 0.25) is 0 Å². The molecule has 2 rings (SSSR count). The third-order valence-corrected chi connectivity index (χ3v) is 5.41. The summed E-state index contributed by atoms with van der Waals surface area (Å²) in [6.45, 7) is 1.96. The molecule has 0 aliphatic carbocycles. The third kappa shape index (κ3) is 2.73. The SMILES string of the molecule is Cc1ccc(S(=O)(=O)[C@@H](C[NH3+])c2ccccc2F)cc1. The topological polar surface area (TPSA) is 61.8 Å². The standard InChI is InChI=1S/C15H16FNO2S/c1-11-6-8-12(9-7-11)20(18,19)15(10-17)13-4-2-3-5-14(13)16/h2-9,15H,10,17H2,1H3/p+1/t15-/m0/s1. The van der Waals surface area contributed by atoms with Gasteiger partial charge in [0.25, 0.3) is 0 Å². The van der Waals surface area contributed by atoms with Crippen molar-refractivity contribution in [2.45, 2.75) is 17.1 Å². The second-order valence-corrected chi connectivity index (χ2v) is 6.79. The summed E-state index contributed by atoms with van der Waals surface area (Å²) in [4.78, 5) is 0.194. The largest absolute Gasteiger partial charge is 0.356 e. The molecule has 2 aromatic rings. The third-order valence-electron chi connectivity index (χ3n) is 3.24. The second kappa shape index (κ2) is 5.73. The Balaban J connectivity index is 2.51. The van der Waals surface area contributed by atoms with Gasteiger partial charge in [-0.15, -0.1) is 0 Å². The van der Waals surface area contributed by atoms with Gasteiger partial charge in [-0.25, -0.2) is 12.8 Å². The number of hydrogen-bond donors (Lipinski definition) is 1. The van der Waals surface area contributed by atoms with Crippen molar-refractivity contribution in [1.29, 1.82) is 0 Å². The lowest BCUT2D eigenvalue weighted by atomic mass is 10.1. The Morgan fingerprint density at radius 3 is 2.25 bits per heavy atom. The van der Waals surface area contributed by atoms with E-state index in [-0.39, 0.29) is 17.0 Å². The minimum atomic E-state index is -3.65. The highest BCUT2D eigenvalue weighted by Gasteiger charge is 2.31. The first-order valence-corrected chi connectivity index (χ1v) is 7.85. The zero-order chi connectivity index (χ0) is 14.8. The minimum absolute atomic E-state index is 0.0805. The number of hydrogen-bond acceptors (Lipinski definition) is 2. The van der Waals surface area contributed by atoms with E-state index in [1.165, 1.54) is 18.2 Å². The Hall–Kier alpha value is -1.72. The molecule has 0 unspecified atom stereocenters. The molecule has 0 spiro atoms. The van der Waals surface area contributed by atoms with E-state index in [9.17, 15) is 12.8 Å². The molecule has 0 amide bonds. The summed E-state index contributed by atoms with van der Waals surface area (Å²) in [6.07, 6.45) is 0. The molecule has 106 valence electrons. The highest BCUT2D eigenvalue weighted by molar-refractivity contribution is 7.91. The Morgan fingerprint density at radius 1 is 1.10 bits per heavy atom. The van der Waals surface area contributed by atoms with E-state index < -0.39 is 20.9 Å². The van der Waals surface area contributed by atoms with E-state index in [0.717, 1.165) is 5.56 Å². The predicted octanol–water partition coefficient (Wildman–Crippen LogP) is 1.89. The molecule has 3 nitrogen and oxygen atoms in total. The first kappa shape index (κ1) is 14.7.